The number of rotatable bonds is 6. The van der Waals surface area contributed by atoms with Gasteiger partial charge in [0.15, 0.2) is 0 Å². The second-order valence-corrected chi connectivity index (χ2v) is 8.91. The molecule has 0 saturated carbocycles. The van der Waals surface area contributed by atoms with Gasteiger partial charge in [-0.05, 0) is 49.4 Å². The van der Waals surface area contributed by atoms with Crippen LogP contribution >= 0.6 is 0 Å². The third-order valence-electron chi connectivity index (χ3n) is 7.66. The van der Waals surface area contributed by atoms with Gasteiger partial charge in [-0.15, -0.1) is 0 Å². The molecule has 0 aromatic rings. The highest BCUT2D eigenvalue weighted by Gasteiger charge is 2.40. The molecule has 0 aliphatic carbocycles. The van der Waals surface area contributed by atoms with Crippen LogP contribution in [0.4, 0.5) is 0 Å². The number of hydrogen-bond donors (Lipinski definition) is 0. The van der Waals surface area contributed by atoms with Crippen LogP contribution in [0.5, 0.6) is 0 Å². The number of ether oxygens (including phenoxy) is 3. The van der Waals surface area contributed by atoms with Gasteiger partial charge in [0.1, 0.15) is 0 Å². The summed E-state index contributed by atoms with van der Waals surface area (Å²) in [7, 11) is 0. The highest BCUT2D eigenvalue weighted by molar-refractivity contribution is 4.87. The van der Waals surface area contributed by atoms with Gasteiger partial charge in [-0.3, -0.25) is 0 Å². The Morgan fingerprint density at radius 3 is 1.72 bits per heavy atom. The van der Waals surface area contributed by atoms with Crippen LogP contribution in [-0.2, 0) is 14.2 Å². The van der Waals surface area contributed by atoms with Crippen molar-refractivity contribution in [3.05, 3.63) is 0 Å². The normalized spacial score (nSPS) is 48.5. The molecule has 0 aromatic carbocycles. The Labute approximate surface area is 156 Å². The first-order valence-corrected chi connectivity index (χ1v) is 10.7. The fraction of sp³-hybridized carbons (Fsp3) is 1.00. The van der Waals surface area contributed by atoms with Gasteiger partial charge in [-0.1, -0.05) is 48.5 Å². The fourth-order valence-corrected chi connectivity index (χ4v) is 5.02. The monoisotopic (exact) mass is 354 g/mol. The summed E-state index contributed by atoms with van der Waals surface area (Å²) in [6.45, 7) is 19.9. The van der Waals surface area contributed by atoms with Crippen molar-refractivity contribution in [2.45, 2.75) is 92.6 Å². The summed E-state index contributed by atoms with van der Waals surface area (Å²) in [6.07, 6.45) is 3.48. The van der Waals surface area contributed by atoms with Crippen LogP contribution in [0.3, 0.4) is 0 Å². The van der Waals surface area contributed by atoms with Crippen molar-refractivity contribution in [3.63, 3.8) is 0 Å². The maximum Gasteiger partial charge on any atom is 0.0840 e. The summed E-state index contributed by atoms with van der Waals surface area (Å²) in [5, 5.41) is 0. The maximum atomic E-state index is 6.37. The van der Waals surface area contributed by atoms with Crippen molar-refractivity contribution in [2.75, 3.05) is 13.2 Å². The third kappa shape index (κ3) is 4.59. The predicted molar refractivity (Wildman–Crippen MR) is 104 cm³/mol. The molecule has 148 valence electrons. The first-order chi connectivity index (χ1) is 11.8. The third-order valence-corrected chi connectivity index (χ3v) is 7.66. The second-order valence-electron chi connectivity index (χ2n) is 8.91. The lowest BCUT2D eigenvalue weighted by Crippen LogP contribution is -2.48. The highest BCUT2D eigenvalue weighted by Crippen LogP contribution is 2.38. The first-order valence-electron chi connectivity index (χ1n) is 10.7. The summed E-state index contributed by atoms with van der Waals surface area (Å²) >= 11 is 0. The van der Waals surface area contributed by atoms with Gasteiger partial charge in [0.2, 0.25) is 0 Å². The van der Waals surface area contributed by atoms with E-state index in [0.717, 1.165) is 26.1 Å². The lowest BCUT2D eigenvalue weighted by Gasteiger charge is -2.45. The summed E-state index contributed by atoms with van der Waals surface area (Å²) in [6, 6.07) is 0. The Morgan fingerprint density at radius 1 is 0.600 bits per heavy atom. The van der Waals surface area contributed by atoms with Crippen LogP contribution in [-0.4, -0.2) is 37.6 Å². The van der Waals surface area contributed by atoms with Crippen molar-refractivity contribution in [2.24, 2.45) is 35.5 Å². The largest absolute Gasteiger partial charge is 0.378 e. The molecule has 3 heteroatoms. The molecule has 2 aliphatic rings. The molecule has 0 N–H and O–H groups in total. The molecular formula is C22H42O3. The van der Waals surface area contributed by atoms with Gasteiger partial charge in [0.25, 0.3) is 0 Å². The quantitative estimate of drug-likeness (QED) is 0.658. The Hall–Kier alpha value is -0.120. The Balaban J connectivity index is 1.87. The van der Waals surface area contributed by atoms with Gasteiger partial charge >= 0.3 is 0 Å². The van der Waals surface area contributed by atoms with Crippen molar-refractivity contribution in [1.82, 2.24) is 0 Å². The smallest absolute Gasteiger partial charge is 0.0840 e. The first kappa shape index (κ1) is 21.2. The molecule has 3 nitrogen and oxygen atoms in total. The summed E-state index contributed by atoms with van der Waals surface area (Å²) in [5.41, 5.74) is 0. The average molecular weight is 355 g/mol. The van der Waals surface area contributed by atoms with E-state index in [1.54, 1.807) is 0 Å². The van der Waals surface area contributed by atoms with Crippen molar-refractivity contribution in [3.8, 4) is 0 Å². The van der Waals surface area contributed by atoms with E-state index in [0.29, 0.717) is 47.7 Å². The SMILES string of the molecule is CCC1OC(COCC2C(C)OC(CC)C(C)C2C)C(C)C(C)C1C. The Morgan fingerprint density at radius 2 is 1.12 bits per heavy atom. The molecule has 10 unspecified atom stereocenters. The van der Waals surface area contributed by atoms with Crippen molar-refractivity contribution in [1.29, 1.82) is 0 Å². The second kappa shape index (κ2) is 9.19. The van der Waals surface area contributed by atoms with E-state index in [-0.39, 0.29) is 12.2 Å². The van der Waals surface area contributed by atoms with Gasteiger partial charge in [0.05, 0.1) is 37.6 Å². The summed E-state index contributed by atoms with van der Waals surface area (Å²) in [4.78, 5) is 0. The molecule has 2 saturated heterocycles. The minimum Gasteiger partial charge on any atom is -0.378 e. The molecule has 0 spiro atoms. The van der Waals surface area contributed by atoms with Crippen LogP contribution in [0.2, 0.25) is 0 Å². The minimum atomic E-state index is 0.229. The molecule has 0 bridgehead atoms. The zero-order valence-corrected chi connectivity index (χ0v) is 17.8. The molecule has 0 radical (unpaired) electrons. The van der Waals surface area contributed by atoms with Gasteiger partial charge in [0, 0.05) is 5.92 Å². The standard InChI is InChI=1S/C22H42O3/c1-9-20-17(7)14(4)19(18(8)24-20)11-23-12-22-16(6)13(3)15(5)21(10-2)25-22/h13-22H,9-12H2,1-8H3. The van der Waals surface area contributed by atoms with E-state index in [9.17, 15) is 0 Å². The van der Waals surface area contributed by atoms with Crippen LogP contribution in [0.1, 0.15) is 68.2 Å². The maximum absolute atomic E-state index is 6.37. The van der Waals surface area contributed by atoms with E-state index in [1.165, 1.54) is 0 Å². The van der Waals surface area contributed by atoms with E-state index in [2.05, 4.69) is 55.4 Å². The lowest BCUT2D eigenvalue weighted by molar-refractivity contribution is -0.174. The fourth-order valence-electron chi connectivity index (χ4n) is 5.02. The average Bonchev–Trinajstić information content (AvgIpc) is 2.60. The summed E-state index contributed by atoms with van der Waals surface area (Å²) < 4.78 is 18.8. The Kier molecular flexibility index (Phi) is 7.79. The topological polar surface area (TPSA) is 27.7 Å². The van der Waals surface area contributed by atoms with E-state index >= 15 is 0 Å². The number of hydrogen-bond acceptors (Lipinski definition) is 3. The molecule has 2 aliphatic heterocycles. The van der Waals surface area contributed by atoms with Gasteiger partial charge in [-0.2, -0.15) is 0 Å². The highest BCUT2D eigenvalue weighted by atomic mass is 16.5. The van der Waals surface area contributed by atoms with E-state index < -0.39 is 0 Å². The molecular weight excluding hydrogens is 312 g/mol. The molecule has 2 heterocycles. The Bertz CT molecular complexity index is 397. The van der Waals surface area contributed by atoms with Crippen LogP contribution in [0, 0.1) is 35.5 Å². The molecule has 0 amide bonds. The van der Waals surface area contributed by atoms with E-state index in [4.69, 9.17) is 14.2 Å². The van der Waals surface area contributed by atoms with Crippen LogP contribution in [0.25, 0.3) is 0 Å². The molecule has 25 heavy (non-hydrogen) atoms. The summed E-state index contributed by atoms with van der Waals surface area (Å²) in [5.74, 6) is 3.60. The minimum absolute atomic E-state index is 0.229. The molecule has 10 atom stereocenters. The van der Waals surface area contributed by atoms with Crippen molar-refractivity contribution >= 4 is 0 Å². The van der Waals surface area contributed by atoms with Crippen molar-refractivity contribution < 1.29 is 14.2 Å². The van der Waals surface area contributed by atoms with Crippen LogP contribution < -0.4 is 0 Å². The molecule has 2 fully saturated rings. The zero-order chi connectivity index (χ0) is 18.7. The predicted octanol–water partition coefficient (Wildman–Crippen LogP) is 5.17. The van der Waals surface area contributed by atoms with E-state index in [1.807, 2.05) is 0 Å². The van der Waals surface area contributed by atoms with Crippen LogP contribution in [0.15, 0.2) is 0 Å². The lowest BCUT2D eigenvalue weighted by atomic mass is 9.75. The van der Waals surface area contributed by atoms with Gasteiger partial charge in [-0.25, -0.2) is 0 Å². The molecule has 2 rings (SSSR count). The molecule has 0 aromatic heterocycles. The zero-order valence-electron chi connectivity index (χ0n) is 17.8. The van der Waals surface area contributed by atoms with Gasteiger partial charge < -0.3 is 14.2 Å².